The maximum atomic E-state index is 11.9. The molecule has 0 bridgehead atoms. The molecule has 0 aromatic carbocycles. The second-order valence-corrected chi connectivity index (χ2v) is 5.10. The number of hydrogen-bond acceptors (Lipinski definition) is 4. The lowest BCUT2D eigenvalue weighted by atomic mass is 9.89. The number of carbonyl (C=O) groups is 1. The highest BCUT2D eigenvalue weighted by molar-refractivity contribution is 5.91. The molecule has 1 aromatic heterocycles. The van der Waals surface area contributed by atoms with Gasteiger partial charge in [-0.3, -0.25) is 4.79 Å². The fraction of sp³-hybridized carbons (Fsp3) is 0.615. The van der Waals surface area contributed by atoms with Crippen molar-refractivity contribution in [1.82, 2.24) is 10.6 Å². The molecule has 0 saturated carbocycles. The summed E-state index contributed by atoms with van der Waals surface area (Å²) in [4.78, 5) is 11.9. The van der Waals surface area contributed by atoms with Crippen LogP contribution in [0.4, 0.5) is 0 Å². The quantitative estimate of drug-likeness (QED) is 0.819. The highest BCUT2D eigenvalue weighted by atomic mass is 16.5. The summed E-state index contributed by atoms with van der Waals surface area (Å²) in [5.74, 6) is 0.244. The van der Waals surface area contributed by atoms with Crippen LogP contribution in [-0.4, -0.2) is 37.2 Å². The number of carbonyl (C=O) groups excluding carboxylic acids is 1. The molecule has 3 rings (SSSR count). The maximum Gasteiger partial charge on any atom is 0.287 e. The van der Waals surface area contributed by atoms with Gasteiger partial charge in [0.25, 0.3) is 5.91 Å². The Morgan fingerprint density at radius 2 is 2.50 bits per heavy atom. The fourth-order valence-corrected chi connectivity index (χ4v) is 2.83. The Hall–Kier alpha value is -1.33. The van der Waals surface area contributed by atoms with E-state index in [1.165, 1.54) is 6.26 Å². The first-order chi connectivity index (χ1) is 8.77. The van der Waals surface area contributed by atoms with Crippen molar-refractivity contribution >= 4 is 5.91 Å². The zero-order valence-electron chi connectivity index (χ0n) is 10.3. The molecule has 2 aliphatic heterocycles. The SMILES string of the molecule is O=C(N[C@H]1CCO[C@@]2(CCNC2)C1)c1ccco1. The molecule has 18 heavy (non-hydrogen) atoms. The van der Waals surface area contributed by atoms with Gasteiger partial charge in [-0.05, 0) is 37.9 Å². The molecule has 5 nitrogen and oxygen atoms in total. The van der Waals surface area contributed by atoms with Gasteiger partial charge in [0.15, 0.2) is 5.76 Å². The summed E-state index contributed by atoms with van der Waals surface area (Å²) in [6.45, 7) is 2.60. The van der Waals surface area contributed by atoms with Gasteiger partial charge in [-0.25, -0.2) is 0 Å². The third kappa shape index (κ3) is 2.28. The minimum Gasteiger partial charge on any atom is -0.459 e. The molecule has 2 N–H and O–H groups in total. The summed E-state index contributed by atoms with van der Waals surface area (Å²) < 4.78 is 11.0. The van der Waals surface area contributed by atoms with E-state index in [2.05, 4.69) is 10.6 Å². The van der Waals surface area contributed by atoms with Crippen LogP contribution in [0.25, 0.3) is 0 Å². The second kappa shape index (κ2) is 4.74. The molecule has 98 valence electrons. The van der Waals surface area contributed by atoms with Crippen LogP contribution in [0.2, 0.25) is 0 Å². The Bertz CT molecular complexity index is 410. The number of hydrogen-bond donors (Lipinski definition) is 2. The van der Waals surface area contributed by atoms with Gasteiger partial charge >= 0.3 is 0 Å². The van der Waals surface area contributed by atoms with E-state index in [4.69, 9.17) is 9.15 Å². The largest absolute Gasteiger partial charge is 0.459 e. The fourth-order valence-electron chi connectivity index (χ4n) is 2.83. The predicted molar refractivity (Wildman–Crippen MR) is 65.4 cm³/mol. The highest BCUT2D eigenvalue weighted by Crippen LogP contribution is 2.30. The minimum absolute atomic E-state index is 0.0701. The Labute approximate surface area is 106 Å². The molecule has 2 atom stereocenters. The highest BCUT2D eigenvalue weighted by Gasteiger charge is 2.40. The van der Waals surface area contributed by atoms with Crippen LogP contribution in [0.15, 0.2) is 22.8 Å². The van der Waals surface area contributed by atoms with Gasteiger partial charge in [0.05, 0.1) is 11.9 Å². The van der Waals surface area contributed by atoms with Crippen molar-refractivity contribution in [1.29, 1.82) is 0 Å². The number of nitrogens with one attached hydrogen (secondary N) is 2. The molecule has 2 saturated heterocycles. The molecule has 5 heteroatoms. The van der Waals surface area contributed by atoms with E-state index in [0.717, 1.165) is 32.4 Å². The second-order valence-electron chi connectivity index (χ2n) is 5.10. The summed E-state index contributed by atoms with van der Waals surface area (Å²) in [5, 5.41) is 6.36. The summed E-state index contributed by atoms with van der Waals surface area (Å²) in [5.41, 5.74) is -0.0701. The molecule has 2 fully saturated rings. The summed E-state index contributed by atoms with van der Waals surface area (Å²) >= 11 is 0. The molecule has 1 spiro atoms. The van der Waals surface area contributed by atoms with E-state index in [1.54, 1.807) is 12.1 Å². The van der Waals surface area contributed by atoms with Crippen LogP contribution in [0.5, 0.6) is 0 Å². The lowest BCUT2D eigenvalue weighted by Gasteiger charge is -2.37. The number of rotatable bonds is 2. The van der Waals surface area contributed by atoms with Crippen LogP contribution in [0.3, 0.4) is 0 Å². The first-order valence-electron chi connectivity index (χ1n) is 6.47. The standard InChI is InChI=1S/C13H18N2O3/c16-12(11-2-1-6-17-11)15-10-3-7-18-13(8-10)4-5-14-9-13/h1-2,6,10,14H,3-5,7-9H2,(H,15,16)/t10-,13-/m0/s1. The molecular formula is C13H18N2O3. The average Bonchev–Trinajstić information content (AvgIpc) is 3.01. The zero-order valence-corrected chi connectivity index (χ0v) is 10.3. The Morgan fingerprint density at radius 1 is 1.56 bits per heavy atom. The van der Waals surface area contributed by atoms with Gasteiger partial charge in [-0.15, -0.1) is 0 Å². The Kier molecular flexibility index (Phi) is 3.09. The van der Waals surface area contributed by atoms with E-state index < -0.39 is 0 Å². The average molecular weight is 250 g/mol. The Morgan fingerprint density at radius 3 is 3.22 bits per heavy atom. The lowest BCUT2D eigenvalue weighted by molar-refractivity contribution is -0.0732. The van der Waals surface area contributed by atoms with Crippen LogP contribution in [-0.2, 0) is 4.74 Å². The van der Waals surface area contributed by atoms with Crippen molar-refractivity contribution in [2.45, 2.75) is 30.9 Å². The van der Waals surface area contributed by atoms with Crippen molar-refractivity contribution in [2.24, 2.45) is 0 Å². The number of amides is 1. The topological polar surface area (TPSA) is 63.5 Å². The van der Waals surface area contributed by atoms with Gasteiger partial charge < -0.3 is 19.8 Å². The van der Waals surface area contributed by atoms with E-state index >= 15 is 0 Å². The lowest BCUT2D eigenvalue weighted by Crippen LogP contribution is -2.49. The van der Waals surface area contributed by atoms with Gasteiger partial charge in [0.2, 0.25) is 0 Å². The van der Waals surface area contributed by atoms with Gasteiger partial charge in [-0.2, -0.15) is 0 Å². The normalized spacial score (nSPS) is 31.7. The maximum absolute atomic E-state index is 11.9. The summed E-state index contributed by atoms with van der Waals surface area (Å²) in [6.07, 6.45) is 4.29. The van der Waals surface area contributed by atoms with Crippen molar-refractivity contribution in [3.8, 4) is 0 Å². The molecule has 2 aliphatic rings. The molecule has 0 radical (unpaired) electrons. The number of ether oxygens (including phenoxy) is 1. The summed E-state index contributed by atoms with van der Waals surface area (Å²) in [6, 6.07) is 3.58. The van der Waals surface area contributed by atoms with Crippen molar-refractivity contribution in [3.05, 3.63) is 24.2 Å². The molecule has 0 unspecified atom stereocenters. The molecule has 0 aliphatic carbocycles. The smallest absolute Gasteiger partial charge is 0.287 e. The monoisotopic (exact) mass is 250 g/mol. The van der Waals surface area contributed by atoms with Crippen LogP contribution in [0, 0.1) is 0 Å². The van der Waals surface area contributed by atoms with E-state index in [-0.39, 0.29) is 17.6 Å². The van der Waals surface area contributed by atoms with E-state index in [9.17, 15) is 4.79 Å². The first kappa shape index (κ1) is 11.7. The third-order valence-electron chi connectivity index (χ3n) is 3.78. The van der Waals surface area contributed by atoms with Gasteiger partial charge in [0.1, 0.15) is 0 Å². The van der Waals surface area contributed by atoms with Gasteiger partial charge in [-0.1, -0.05) is 0 Å². The third-order valence-corrected chi connectivity index (χ3v) is 3.78. The van der Waals surface area contributed by atoms with Crippen molar-refractivity contribution < 1.29 is 13.9 Å². The first-order valence-corrected chi connectivity index (χ1v) is 6.47. The molecule has 1 amide bonds. The Balaban J connectivity index is 1.61. The van der Waals surface area contributed by atoms with E-state index in [1.807, 2.05) is 0 Å². The van der Waals surface area contributed by atoms with Crippen LogP contribution >= 0.6 is 0 Å². The number of furan rings is 1. The molecule has 3 heterocycles. The minimum atomic E-state index is -0.131. The molecule has 1 aromatic rings. The van der Waals surface area contributed by atoms with Crippen molar-refractivity contribution in [2.75, 3.05) is 19.7 Å². The van der Waals surface area contributed by atoms with Crippen molar-refractivity contribution in [3.63, 3.8) is 0 Å². The van der Waals surface area contributed by atoms with Crippen LogP contribution < -0.4 is 10.6 Å². The summed E-state index contributed by atoms with van der Waals surface area (Å²) in [7, 11) is 0. The molecular weight excluding hydrogens is 232 g/mol. The predicted octanol–water partition coefficient (Wildman–Crippen LogP) is 0.920. The zero-order chi connectivity index (χ0) is 12.4. The van der Waals surface area contributed by atoms with E-state index in [0.29, 0.717) is 12.4 Å². The van der Waals surface area contributed by atoms with Crippen LogP contribution in [0.1, 0.15) is 29.8 Å². The van der Waals surface area contributed by atoms with Gasteiger partial charge in [0, 0.05) is 19.2 Å².